The van der Waals surface area contributed by atoms with Gasteiger partial charge in [0.2, 0.25) is 0 Å². The fourth-order valence-electron chi connectivity index (χ4n) is 3.50. The molecule has 0 saturated carbocycles. The first-order chi connectivity index (χ1) is 11.6. The highest BCUT2D eigenvalue weighted by atomic mass is 32.2. The minimum atomic E-state index is -3.70. The summed E-state index contributed by atoms with van der Waals surface area (Å²) in [7, 11) is -3.70. The van der Waals surface area contributed by atoms with Crippen LogP contribution in [0.2, 0.25) is 0 Å². The molecule has 1 atom stereocenters. The molecule has 2 aromatic carbocycles. The summed E-state index contributed by atoms with van der Waals surface area (Å²) in [4.78, 5) is 14.9. The molecule has 1 amide bonds. The molecule has 0 aromatic heterocycles. The van der Waals surface area contributed by atoms with Crippen LogP contribution in [0.4, 0.5) is 5.69 Å². The average Bonchev–Trinajstić information content (AvgIpc) is 3.14. The number of rotatable bonds is 3. The number of sulfonamides is 1. The van der Waals surface area contributed by atoms with Gasteiger partial charge in [-0.2, -0.15) is 0 Å². The van der Waals surface area contributed by atoms with Gasteiger partial charge in [0.1, 0.15) is 4.90 Å². The van der Waals surface area contributed by atoms with Crippen LogP contribution in [0.1, 0.15) is 16.8 Å². The number of hydrogen-bond acceptors (Lipinski definition) is 4. The molecule has 0 N–H and O–H groups in total. The van der Waals surface area contributed by atoms with Crippen LogP contribution in [0.3, 0.4) is 0 Å². The van der Waals surface area contributed by atoms with E-state index in [1.807, 2.05) is 18.2 Å². The monoisotopic (exact) mass is 342 g/mol. The van der Waals surface area contributed by atoms with E-state index in [1.54, 1.807) is 18.2 Å². The summed E-state index contributed by atoms with van der Waals surface area (Å²) in [5.74, 6) is -0.248. The topological polar surface area (TPSA) is 57.7 Å². The van der Waals surface area contributed by atoms with Crippen LogP contribution in [0.5, 0.6) is 0 Å². The van der Waals surface area contributed by atoms with Crippen molar-refractivity contribution >= 4 is 21.6 Å². The van der Waals surface area contributed by atoms with E-state index in [1.165, 1.54) is 6.07 Å². The minimum Gasteiger partial charge on any atom is -0.371 e. The van der Waals surface area contributed by atoms with Crippen LogP contribution >= 0.6 is 0 Å². The standard InChI is InChI=1S/C18H18N2O3S/c21-18-16-8-4-5-9-17(16)24(22,23)20(18)13-14-10-11-19(12-14)15-6-2-1-3-7-15/h1-9,14H,10-13H2/t14-/m0/s1. The molecule has 124 valence electrons. The van der Waals surface area contributed by atoms with E-state index >= 15 is 0 Å². The van der Waals surface area contributed by atoms with Crippen LogP contribution < -0.4 is 4.90 Å². The van der Waals surface area contributed by atoms with Crippen molar-refractivity contribution in [3.05, 3.63) is 60.2 Å². The predicted octanol–water partition coefficient (Wildman–Crippen LogP) is 2.36. The normalized spacial score (nSPS) is 22.0. The fraction of sp³-hybridized carbons (Fsp3) is 0.278. The number of hydrogen-bond donors (Lipinski definition) is 0. The van der Waals surface area contributed by atoms with Crippen molar-refractivity contribution in [1.29, 1.82) is 0 Å². The SMILES string of the molecule is O=C1c2ccccc2S(=O)(=O)N1C[C@H]1CCN(c2ccccc2)C1. The smallest absolute Gasteiger partial charge is 0.269 e. The van der Waals surface area contributed by atoms with Gasteiger partial charge in [0.05, 0.1) is 5.56 Å². The summed E-state index contributed by atoms with van der Waals surface area (Å²) in [6, 6.07) is 16.5. The second-order valence-electron chi connectivity index (χ2n) is 6.27. The first-order valence-electron chi connectivity index (χ1n) is 8.03. The lowest BCUT2D eigenvalue weighted by Crippen LogP contribution is -2.35. The van der Waals surface area contributed by atoms with Crippen LogP contribution in [-0.4, -0.2) is 38.3 Å². The highest BCUT2D eigenvalue weighted by molar-refractivity contribution is 7.90. The highest BCUT2D eigenvalue weighted by Crippen LogP contribution is 2.32. The number of para-hydroxylation sites is 1. The minimum absolute atomic E-state index is 0.132. The van der Waals surface area contributed by atoms with Gasteiger partial charge in [-0.1, -0.05) is 30.3 Å². The summed E-state index contributed by atoms with van der Waals surface area (Å²) in [5, 5.41) is 0. The largest absolute Gasteiger partial charge is 0.371 e. The molecule has 2 aliphatic rings. The van der Waals surface area contributed by atoms with E-state index in [0.29, 0.717) is 0 Å². The maximum Gasteiger partial charge on any atom is 0.269 e. The summed E-state index contributed by atoms with van der Waals surface area (Å²) < 4.78 is 26.3. The number of anilines is 1. The van der Waals surface area contributed by atoms with Crippen LogP contribution in [-0.2, 0) is 10.0 Å². The van der Waals surface area contributed by atoms with Gasteiger partial charge in [0.25, 0.3) is 15.9 Å². The molecule has 5 nitrogen and oxygen atoms in total. The molecule has 1 fully saturated rings. The van der Waals surface area contributed by atoms with Crippen molar-refractivity contribution in [2.24, 2.45) is 5.92 Å². The molecule has 2 heterocycles. The lowest BCUT2D eigenvalue weighted by molar-refractivity contribution is 0.0859. The molecule has 0 spiro atoms. The molecule has 2 aliphatic heterocycles. The van der Waals surface area contributed by atoms with Gasteiger partial charge in [0, 0.05) is 25.3 Å². The van der Waals surface area contributed by atoms with E-state index in [2.05, 4.69) is 17.0 Å². The van der Waals surface area contributed by atoms with E-state index in [0.717, 1.165) is 29.5 Å². The van der Waals surface area contributed by atoms with E-state index < -0.39 is 15.9 Å². The Kier molecular flexibility index (Phi) is 3.57. The number of carbonyl (C=O) groups is 1. The Balaban J connectivity index is 1.52. The molecule has 0 unspecified atom stereocenters. The first kappa shape index (κ1) is 15.2. The zero-order chi connectivity index (χ0) is 16.7. The second kappa shape index (κ2) is 5.63. The Morgan fingerprint density at radius 3 is 2.46 bits per heavy atom. The highest BCUT2D eigenvalue weighted by Gasteiger charge is 2.42. The molecular formula is C18H18N2O3S. The number of nitrogens with zero attached hydrogens (tertiary/aromatic N) is 2. The van der Waals surface area contributed by atoms with Crippen molar-refractivity contribution in [2.45, 2.75) is 11.3 Å². The molecular weight excluding hydrogens is 324 g/mol. The molecule has 4 rings (SSSR count). The number of benzene rings is 2. The molecule has 1 saturated heterocycles. The molecule has 0 bridgehead atoms. The van der Waals surface area contributed by atoms with Crippen molar-refractivity contribution in [2.75, 3.05) is 24.5 Å². The molecule has 0 radical (unpaired) electrons. The third kappa shape index (κ3) is 2.38. The number of fused-ring (bicyclic) bond motifs is 1. The maximum absolute atomic E-state index is 12.6. The van der Waals surface area contributed by atoms with Crippen molar-refractivity contribution in [1.82, 2.24) is 4.31 Å². The Morgan fingerprint density at radius 1 is 1.00 bits per heavy atom. The van der Waals surface area contributed by atoms with Crippen molar-refractivity contribution in [3.63, 3.8) is 0 Å². The van der Waals surface area contributed by atoms with Crippen LogP contribution in [0.15, 0.2) is 59.5 Å². The Labute approximate surface area is 141 Å². The third-order valence-corrected chi connectivity index (χ3v) is 6.55. The van der Waals surface area contributed by atoms with Gasteiger partial charge < -0.3 is 4.90 Å². The lowest BCUT2D eigenvalue weighted by Gasteiger charge is -2.21. The van der Waals surface area contributed by atoms with E-state index in [-0.39, 0.29) is 22.9 Å². The summed E-state index contributed by atoms with van der Waals surface area (Å²) in [6.45, 7) is 1.89. The predicted molar refractivity (Wildman–Crippen MR) is 91.4 cm³/mol. The fourth-order valence-corrected chi connectivity index (χ4v) is 5.15. The van der Waals surface area contributed by atoms with Gasteiger partial charge in [0.15, 0.2) is 0 Å². The van der Waals surface area contributed by atoms with Gasteiger partial charge >= 0.3 is 0 Å². The van der Waals surface area contributed by atoms with Crippen molar-refractivity contribution in [3.8, 4) is 0 Å². The summed E-state index contributed by atoms with van der Waals surface area (Å²) in [5.41, 5.74) is 1.43. The number of amides is 1. The van der Waals surface area contributed by atoms with Gasteiger partial charge in [-0.15, -0.1) is 0 Å². The Bertz CT molecular complexity index is 880. The quantitative estimate of drug-likeness (QED) is 0.859. The van der Waals surface area contributed by atoms with Crippen LogP contribution in [0, 0.1) is 5.92 Å². The lowest BCUT2D eigenvalue weighted by atomic mass is 10.1. The molecule has 2 aromatic rings. The van der Waals surface area contributed by atoms with E-state index in [9.17, 15) is 13.2 Å². The third-order valence-electron chi connectivity index (χ3n) is 4.74. The average molecular weight is 342 g/mol. The van der Waals surface area contributed by atoms with Gasteiger partial charge in [-0.3, -0.25) is 4.79 Å². The number of carbonyl (C=O) groups excluding carboxylic acids is 1. The molecule has 0 aliphatic carbocycles. The van der Waals surface area contributed by atoms with E-state index in [4.69, 9.17) is 0 Å². The van der Waals surface area contributed by atoms with Crippen molar-refractivity contribution < 1.29 is 13.2 Å². The van der Waals surface area contributed by atoms with Gasteiger partial charge in [-0.05, 0) is 36.6 Å². The molecule has 24 heavy (non-hydrogen) atoms. The summed E-state index contributed by atoms with van der Waals surface area (Å²) in [6.07, 6.45) is 0.880. The molecule has 6 heteroatoms. The summed E-state index contributed by atoms with van der Waals surface area (Å²) >= 11 is 0. The zero-order valence-corrected chi connectivity index (χ0v) is 13.9. The van der Waals surface area contributed by atoms with Crippen LogP contribution in [0.25, 0.3) is 0 Å². The maximum atomic E-state index is 12.6. The first-order valence-corrected chi connectivity index (χ1v) is 9.47. The zero-order valence-electron chi connectivity index (χ0n) is 13.1. The van der Waals surface area contributed by atoms with Gasteiger partial charge in [-0.25, -0.2) is 12.7 Å². The second-order valence-corrected chi connectivity index (χ2v) is 8.10. The Hall–Kier alpha value is -2.34. The Morgan fingerprint density at radius 2 is 1.71 bits per heavy atom.